The van der Waals surface area contributed by atoms with Gasteiger partial charge in [-0.25, -0.2) is 34.4 Å². The van der Waals surface area contributed by atoms with Crippen LogP contribution in [0.1, 0.15) is 48.9 Å². The lowest BCUT2D eigenvalue weighted by Gasteiger charge is -2.47. The summed E-state index contributed by atoms with van der Waals surface area (Å²) in [6.45, 7) is 2.00. The molecular weight excluding hydrogens is 953 g/mol. The summed E-state index contributed by atoms with van der Waals surface area (Å²) in [6, 6.07) is 15.1. The fraction of sp³-hybridized carbons (Fsp3) is 0.429. The molecule has 0 aromatic heterocycles. The lowest BCUT2D eigenvalue weighted by Crippen LogP contribution is -2.56. The molecular formula is C42H42Cl2F10N2O6S2. The number of sulfone groups is 2. The minimum absolute atomic E-state index is 0. The molecule has 0 saturated carbocycles. The maximum Gasteiger partial charge on any atom is 0.426 e. The van der Waals surface area contributed by atoms with Crippen LogP contribution in [0, 0.1) is 23.5 Å². The van der Waals surface area contributed by atoms with E-state index in [0.29, 0.717) is 40.0 Å². The molecule has 352 valence electrons. The Labute approximate surface area is 375 Å². The lowest BCUT2D eigenvalue weighted by molar-refractivity contribution is -0.229. The van der Waals surface area contributed by atoms with Crippen molar-refractivity contribution in [1.29, 1.82) is 0 Å². The van der Waals surface area contributed by atoms with Gasteiger partial charge in [0.25, 0.3) is 0 Å². The predicted octanol–water partition coefficient (Wildman–Crippen LogP) is 9.33. The number of halogens is 12. The average molecular weight is 996 g/mol. The summed E-state index contributed by atoms with van der Waals surface area (Å²) in [5, 5.41) is 6.23. The molecule has 2 fully saturated rings. The second-order valence-electron chi connectivity index (χ2n) is 16.0. The number of fused-ring (bicyclic) bond motifs is 6. The topological polar surface area (TPSA) is 111 Å². The Morgan fingerprint density at radius 2 is 0.875 bits per heavy atom. The molecule has 2 saturated heterocycles. The maximum absolute atomic E-state index is 14.5. The Hall–Kier alpha value is -3.82. The average Bonchev–Trinajstić information content (AvgIpc) is 3.22. The molecule has 4 aliphatic rings. The van der Waals surface area contributed by atoms with Crippen LogP contribution in [0.2, 0.25) is 0 Å². The second kappa shape index (κ2) is 17.8. The monoisotopic (exact) mass is 994 g/mol. The van der Waals surface area contributed by atoms with Crippen LogP contribution >= 0.6 is 24.8 Å². The normalized spacial score (nSPS) is 24.9. The molecule has 2 N–H and O–H groups in total. The van der Waals surface area contributed by atoms with E-state index >= 15 is 0 Å². The van der Waals surface area contributed by atoms with Crippen LogP contribution in [0.4, 0.5) is 43.9 Å². The molecule has 22 heteroatoms. The van der Waals surface area contributed by atoms with Crippen molar-refractivity contribution in [3.63, 3.8) is 0 Å². The molecule has 4 aliphatic heterocycles. The van der Waals surface area contributed by atoms with Crippen molar-refractivity contribution in [3.05, 3.63) is 119 Å². The maximum atomic E-state index is 14.5. The van der Waals surface area contributed by atoms with Crippen LogP contribution < -0.4 is 20.1 Å². The second-order valence-corrected chi connectivity index (χ2v) is 20.5. The molecule has 8 rings (SSSR count). The van der Waals surface area contributed by atoms with Gasteiger partial charge in [0.05, 0.1) is 23.0 Å². The van der Waals surface area contributed by atoms with Gasteiger partial charge in [0.2, 0.25) is 11.3 Å². The Morgan fingerprint density at radius 1 is 0.547 bits per heavy atom. The summed E-state index contributed by atoms with van der Waals surface area (Å²) in [5.74, 6) is -2.43. The van der Waals surface area contributed by atoms with Gasteiger partial charge in [0, 0.05) is 47.2 Å². The highest BCUT2D eigenvalue weighted by atomic mass is 35.5. The van der Waals surface area contributed by atoms with Gasteiger partial charge in [0.1, 0.15) is 32.6 Å². The molecule has 0 bridgehead atoms. The molecule has 0 aliphatic carbocycles. The SMILES string of the molecule is CC(F)(c1ccc2c(c1)OCC1CNCCC21S(=O)(=O)c1ccc(F)cc1)C(F)(F)F.CC(F)(c1ccc2c(c1)OCC1CNCCC21S(=O)(=O)c1ccc(F)cc1)C(F)(F)F.Cl.Cl. The zero-order valence-corrected chi connectivity index (χ0v) is 37.0. The Balaban J connectivity index is 0.000000234. The highest BCUT2D eigenvalue weighted by molar-refractivity contribution is 7.92. The fourth-order valence-corrected chi connectivity index (χ4v) is 13.5. The number of piperidine rings is 2. The highest BCUT2D eigenvalue weighted by Gasteiger charge is 2.60. The third kappa shape index (κ3) is 8.21. The number of rotatable bonds is 6. The molecule has 6 atom stereocenters. The largest absolute Gasteiger partial charge is 0.493 e. The van der Waals surface area contributed by atoms with Crippen molar-refractivity contribution >= 4 is 44.5 Å². The van der Waals surface area contributed by atoms with E-state index in [0.717, 1.165) is 48.5 Å². The van der Waals surface area contributed by atoms with E-state index in [-0.39, 0.29) is 83.3 Å². The van der Waals surface area contributed by atoms with Gasteiger partial charge in [-0.05, 0) is 100 Å². The van der Waals surface area contributed by atoms with Crippen molar-refractivity contribution in [2.45, 2.75) is 69.7 Å². The molecule has 8 nitrogen and oxygen atoms in total. The first-order valence-electron chi connectivity index (χ1n) is 19.3. The van der Waals surface area contributed by atoms with Crippen LogP contribution in [-0.2, 0) is 40.5 Å². The van der Waals surface area contributed by atoms with Crippen molar-refractivity contribution in [2.24, 2.45) is 11.8 Å². The van der Waals surface area contributed by atoms with E-state index in [4.69, 9.17) is 9.47 Å². The number of hydrogen-bond donors (Lipinski definition) is 2. The van der Waals surface area contributed by atoms with Gasteiger partial charge in [-0.3, -0.25) is 0 Å². The van der Waals surface area contributed by atoms with Gasteiger partial charge in [-0.15, -0.1) is 24.8 Å². The number of ether oxygens (including phenoxy) is 2. The fourth-order valence-electron chi connectivity index (χ4n) is 8.86. The van der Waals surface area contributed by atoms with Crippen molar-refractivity contribution < 1.29 is 70.2 Å². The van der Waals surface area contributed by atoms with Crippen LogP contribution in [0.15, 0.2) is 94.7 Å². The minimum Gasteiger partial charge on any atom is -0.493 e. The zero-order chi connectivity index (χ0) is 45.3. The third-order valence-electron chi connectivity index (χ3n) is 12.6. The van der Waals surface area contributed by atoms with Crippen LogP contribution in [0.5, 0.6) is 11.5 Å². The van der Waals surface area contributed by atoms with Gasteiger partial charge >= 0.3 is 12.4 Å². The van der Waals surface area contributed by atoms with E-state index in [1.165, 1.54) is 36.4 Å². The molecule has 4 aromatic carbocycles. The predicted molar refractivity (Wildman–Crippen MR) is 220 cm³/mol. The van der Waals surface area contributed by atoms with Crippen molar-refractivity contribution in [2.75, 3.05) is 39.4 Å². The summed E-state index contributed by atoms with van der Waals surface area (Å²) in [4.78, 5) is -0.188. The smallest absolute Gasteiger partial charge is 0.426 e. The Morgan fingerprint density at radius 3 is 1.19 bits per heavy atom. The third-order valence-corrected chi connectivity index (χ3v) is 17.8. The van der Waals surface area contributed by atoms with Crippen molar-refractivity contribution in [1.82, 2.24) is 10.6 Å². The summed E-state index contributed by atoms with van der Waals surface area (Å²) >= 11 is 0. The van der Waals surface area contributed by atoms with Gasteiger partial charge in [-0.1, -0.05) is 24.3 Å². The van der Waals surface area contributed by atoms with Crippen LogP contribution in [0.25, 0.3) is 0 Å². The standard InChI is InChI=1S/2C21H20F5NO3S.2ClH/c2*1-19(23,21(24,25)26)13-2-7-17-18(10-13)30-12-14-11-27-9-8-20(14,17)31(28,29)16-5-3-15(22)4-6-16;;/h2*2-7,10,14,27H,8-9,11-12H2,1H3;2*1H. The quantitative estimate of drug-likeness (QED) is 0.145. The zero-order valence-electron chi connectivity index (χ0n) is 33.8. The van der Waals surface area contributed by atoms with E-state index < -0.39 is 87.5 Å². The highest BCUT2D eigenvalue weighted by Crippen LogP contribution is 2.55. The number of alkyl halides is 8. The molecule has 4 heterocycles. The van der Waals surface area contributed by atoms with Gasteiger partial charge in [0.15, 0.2) is 19.7 Å². The number of hydrogen-bond acceptors (Lipinski definition) is 8. The number of nitrogens with one attached hydrogen (secondary N) is 2. The first-order chi connectivity index (χ1) is 28.8. The molecule has 64 heavy (non-hydrogen) atoms. The first-order valence-corrected chi connectivity index (χ1v) is 22.3. The van der Waals surface area contributed by atoms with E-state index in [1.807, 2.05) is 0 Å². The molecule has 6 unspecified atom stereocenters. The molecule has 4 aromatic rings. The molecule has 0 amide bonds. The first kappa shape index (κ1) is 51.2. The summed E-state index contributed by atoms with van der Waals surface area (Å²) < 4.78 is 198. The summed E-state index contributed by atoms with van der Waals surface area (Å²) in [7, 11) is -8.19. The van der Waals surface area contributed by atoms with Gasteiger partial charge < -0.3 is 20.1 Å². The summed E-state index contributed by atoms with van der Waals surface area (Å²) in [5.41, 5.74) is -8.20. The lowest BCUT2D eigenvalue weighted by atomic mass is 9.77. The Bertz CT molecular complexity index is 2390. The Kier molecular flexibility index (Phi) is 14.2. The number of benzene rings is 4. The van der Waals surface area contributed by atoms with E-state index in [1.54, 1.807) is 0 Å². The molecule has 0 spiro atoms. The molecule has 0 radical (unpaired) electrons. The van der Waals surface area contributed by atoms with Crippen molar-refractivity contribution in [3.8, 4) is 11.5 Å². The summed E-state index contributed by atoms with van der Waals surface area (Å²) in [6.07, 6.45) is -10.0. The van der Waals surface area contributed by atoms with E-state index in [9.17, 15) is 60.7 Å². The van der Waals surface area contributed by atoms with Gasteiger partial charge in [-0.2, -0.15) is 26.3 Å². The van der Waals surface area contributed by atoms with Crippen LogP contribution in [0.3, 0.4) is 0 Å². The van der Waals surface area contributed by atoms with E-state index in [2.05, 4.69) is 10.6 Å². The minimum atomic E-state index is -5.15. The van der Waals surface area contributed by atoms with Crippen LogP contribution in [-0.4, -0.2) is 68.6 Å².